The van der Waals surface area contributed by atoms with Crippen molar-refractivity contribution in [3.63, 3.8) is 0 Å². The number of piperazine rings is 1. The van der Waals surface area contributed by atoms with Crippen molar-refractivity contribution >= 4 is 23.1 Å². The summed E-state index contributed by atoms with van der Waals surface area (Å²) in [5.74, 6) is 0.593. The first-order valence-corrected chi connectivity index (χ1v) is 15.2. The first-order valence-electron chi connectivity index (χ1n) is 15.2. The molecular formula is C32H46N6O4. The van der Waals surface area contributed by atoms with Crippen LogP contribution in [0.25, 0.3) is 22.2 Å². The molecule has 10 nitrogen and oxygen atoms in total. The molecule has 1 aliphatic carbocycles. The van der Waals surface area contributed by atoms with Crippen LogP contribution in [0.2, 0.25) is 0 Å². The normalized spacial score (nSPS) is 21.0. The second kappa shape index (κ2) is 13.0. The first kappa shape index (κ1) is 30.3. The average Bonchev–Trinajstić information content (AvgIpc) is 3.32. The van der Waals surface area contributed by atoms with Crippen molar-refractivity contribution in [2.75, 3.05) is 45.2 Å². The Bertz CT molecular complexity index is 1340. The fourth-order valence-corrected chi connectivity index (χ4v) is 5.92. The number of anilines is 1. The van der Waals surface area contributed by atoms with E-state index in [1.165, 1.54) is 5.56 Å². The highest BCUT2D eigenvalue weighted by Crippen LogP contribution is 2.37. The van der Waals surface area contributed by atoms with Crippen LogP contribution in [-0.4, -0.2) is 93.2 Å². The van der Waals surface area contributed by atoms with Crippen molar-refractivity contribution in [1.29, 1.82) is 0 Å². The summed E-state index contributed by atoms with van der Waals surface area (Å²) in [7, 11) is 1.69. The van der Waals surface area contributed by atoms with Crippen molar-refractivity contribution in [2.24, 2.45) is 0 Å². The van der Waals surface area contributed by atoms with Gasteiger partial charge in [-0.25, -0.2) is 9.78 Å². The molecule has 2 fully saturated rings. The highest BCUT2D eigenvalue weighted by atomic mass is 16.6. The van der Waals surface area contributed by atoms with Crippen LogP contribution in [0.3, 0.4) is 0 Å². The summed E-state index contributed by atoms with van der Waals surface area (Å²) in [6.45, 7) is 12.1. The molecule has 3 aromatic rings. The Morgan fingerprint density at radius 2 is 1.79 bits per heavy atom. The lowest BCUT2D eigenvalue weighted by Crippen LogP contribution is -2.49. The summed E-state index contributed by atoms with van der Waals surface area (Å²) in [4.78, 5) is 26.2. The minimum absolute atomic E-state index is 0.0907. The summed E-state index contributed by atoms with van der Waals surface area (Å²) in [5.41, 5.74) is 3.93. The van der Waals surface area contributed by atoms with E-state index in [4.69, 9.17) is 14.5 Å². The van der Waals surface area contributed by atoms with Gasteiger partial charge in [0.1, 0.15) is 11.2 Å². The molecule has 1 saturated heterocycles. The Morgan fingerprint density at radius 3 is 2.43 bits per heavy atom. The topological polar surface area (TPSA) is 105 Å². The predicted octanol–water partition coefficient (Wildman–Crippen LogP) is 5.07. The van der Waals surface area contributed by atoms with Gasteiger partial charge in [0, 0.05) is 75.3 Å². The summed E-state index contributed by atoms with van der Waals surface area (Å²) >= 11 is 0. The van der Waals surface area contributed by atoms with Crippen molar-refractivity contribution in [1.82, 2.24) is 24.3 Å². The molecule has 3 heterocycles. The zero-order valence-corrected chi connectivity index (χ0v) is 25.7. The number of fused-ring (bicyclic) bond motifs is 1. The van der Waals surface area contributed by atoms with E-state index in [9.17, 15) is 9.90 Å². The predicted molar refractivity (Wildman–Crippen MR) is 165 cm³/mol. The van der Waals surface area contributed by atoms with Crippen LogP contribution >= 0.6 is 0 Å². The van der Waals surface area contributed by atoms with Crippen molar-refractivity contribution in [3.05, 3.63) is 42.2 Å². The number of benzene rings is 1. The van der Waals surface area contributed by atoms with Crippen LogP contribution in [0, 0.1) is 0 Å². The number of aliphatic hydroxyl groups excluding tert-OH is 1. The highest BCUT2D eigenvalue weighted by Gasteiger charge is 2.27. The lowest BCUT2D eigenvalue weighted by Gasteiger charge is -2.35. The summed E-state index contributed by atoms with van der Waals surface area (Å²) in [5, 5.41) is 14.5. The molecule has 42 heavy (non-hydrogen) atoms. The Balaban J connectivity index is 1.31. The lowest BCUT2D eigenvalue weighted by molar-refractivity contribution is 0.0139. The maximum Gasteiger partial charge on any atom is 0.410 e. The number of methoxy groups -OCH3 is 1. The van der Waals surface area contributed by atoms with E-state index in [2.05, 4.69) is 50.2 Å². The van der Waals surface area contributed by atoms with Gasteiger partial charge < -0.3 is 29.4 Å². The van der Waals surface area contributed by atoms with E-state index >= 15 is 0 Å². The average molecular weight is 579 g/mol. The van der Waals surface area contributed by atoms with Gasteiger partial charge in [0.05, 0.1) is 12.7 Å². The van der Waals surface area contributed by atoms with Crippen LogP contribution in [0.1, 0.15) is 65.0 Å². The van der Waals surface area contributed by atoms with Gasteiger partial charge in [-0.2, -0.15) is 4.98 Å². The molecule has 2 aromatic heterocycles. The zero-order chi connectivity index (χ0) is 29.9. The SMILES string of the molecule is COC[C@@H](C)Nc1ncc2c(-c3ccc(CN4CCN(C(=O)OC(C)(C)C)CC4)cc3)cn([C@H]3CC[C@H](O)CC3)c2n1. The molecular weight excluding hydrogens is 532 g/mol. The van der Waals surface area contributed by atoms with E-state index in [0.29, 0.717) is 31.7 Å². The standard InChI is InChI=1S/C32H46N6O4/c1-22(21-41-5)34-30-33-18-27-28(20-38(29(27)35-30)25-10-12-26(39)13-11-25)24-8-6-23(7-9-24)19-36-14-16-37(17-15-36)31(40)42-32(2,3)4/h6-9,18,20,22,25-26,39H,10-17,19,21H2,1-5H3,(H,33,34,35)/t22-,25-,26-/m1/s1. The number of rotatable bonds is 8. The third-order valence-electron chi connectivity index (χ3n) is 8.12. The van der Waals surface area contributed by atoms with Gasteiger partial charge in [0.25, 0.3) is 0 Å². The molecule has 2 aliphatic rings. The zero-order valence-electron chi connectivity index (χ0n) is 25.7. The smallest absolute Gasteiger partial charge is 0.410 e. The minimum Gasteiger partial charge on any atom is -0.444 e. The van der Waals surface area contributed by atoms with Gasteiger partial charge in [0.2, 0.25) is 5.95 Å². The third kappa shape index (κ3) is 7.40. The van der Waals surface area contributed by atoms with E-state index < -0.39 is 5.60 Å². The molecule has 1 aromatic carbocycles. The van der Waals surface area contributed by atoms with E-state index in [0.717, 1.165) is 67.5 Å². The molecule has 1 aliphatic heterocycles. The number of ether oxygens (including phenoxy) is 2. The molecule has 10 heteroatoms. The molecule has 1 amide bonds. The van der Waals surface area contributed by atoms with Gasteiger partial charge >= 0.3 is 6.09 Å². The summed E-state index contributed by atoms with van der Waals surface area (Å²) in [6.07, 6.45) is 7.17. The van der Waals surface area contributed by atoms with Crippen LogP contribution in [0.15, 0.2) is 36.7 Å². The molecule has 0 spiro atoms. The lowest BCUT2D eigenvalue weighted by atomic mass is 9.93. The van der Waals surface area contributed by atoms with E-state index in [1.807, 2.05) is 33.9 Å². The highest BCUT2D eigenvalue weighted by molar-refractivity contribution is 5.94. The van der Waals surface area contributed by atoms with Crippen LogP contribution in [0.4, 0.5) is 10.7 Å². The summed E-state index contributed by atoms with van der Waals surface area (Å²) < 4.78 is 13.1. The van der Waals surface area contributed by atoms with Crippen LogP contribution < -0.4 is 5.32 Å². The Kier molecular flexibility index (Phi) is 9.35. The fourth-order valence-electron chi connectivity index (χ4n) is 5.92. The molecule has 5 rings (SSSR count). The van der Waals surface area contributed by atoms with Crippen LogP contribution in [-0.2, 0) is 16.0 Å². The number of nitrogens with one attached hydrogen (secondary N) is 1. The Labute approximate surface area is 249 Å². The number of hydrogen-bond acceptors (Lipinski definition) is 8. The fraction of sp³-hybridized carbons (Fsp3) is 0.594. The number of carbonyl (C=O) groups is 1. The molecule has 0 unspecified atom stereocenters. The molecule has 228 valence electrons. The monoisotopic (exact) mass is 578 g/mol. The summed E-state index contributed by atoms with van der Waals surface area (Å²) in [6, 6.07) is 9.14. The van der Waals surface area contributed by atoms with Gasteiger partial charge in [-0.05, 0) is 64.5 Å². The number of hydrogen-bond donors (Lipinski definition) is 2. The second-order valence-electron chi connectivity index (χ2n) is 12.8. The molecule has 0 bridgehead atoms. The number of nitrogens with zero attached hydrogens (tertiary/aromatic N) is 5. The first-order chi connectivity index (χ1) is 20.1. The molecule has 0 radical (unpaired) electrons. The van der Waals surface area contributed by atoms with Crippen LogP contribution in [0.5, 0.6) is 0 Å². The quantitative estimate of drug-likeness (QED) is 0.382. The van der Waals surface area contributed by atoms with Crippen molar-refractivity contribution < 1.29 is 19.4 Å². The van der Waals surface area contributed by atoms with Gasteiger partial charge in [-0.3, -0.25) is 4.90 Å². The number of aliphatic hydroxyl groups is 1. The number of amides is 1. The maximum absolute atomic E-state index is 12.4. The molecule has 2 N–H and O–H groups in total. The number of carbonyl (C=O) groups excluding carboxylic acids is 1. The van der Waals surface area contributed by atoms with E-state index in [-0.39, 0.29) is 18.2 Å². The Hall–Kier alpha value is -3.21. The van der Waals surface area contributed by atoms with E-state index in [1.54, 1.807) is 12.0 Å². The van der Waals surface area contributed by atoms with Crippen molar-refractivity contribution in [2.45, 2.75) is 83.7 Å². The third-order valence-corrected chi connectivity index (χ3v) is 8.12. The Morgan fingerprint density at radius 1 is 1.10 bits per heavy atom. The molecule has 1 saturated carbocycles. The van der Waals surface area contributed by atoms with Gasteiger partial charge in [-0.15, -0.1) is 0 Å². The minimum atomic E-state index is -0.477. The number of aromatic nitrogens is 3. The maximum atomic E-state index is 12.4. The molecule has 1 atom stereocenters. The van der Waals surface area contributed by atoms with Gasteiger partial charge in [-0.1, -0.05) is 24.3 Å². The largest absolute Gasteiger partial charge is 0.444 e. The van der Waals surface area contributed by atoms with Crippen molar-refractivity contribution in [3.8, 4) is 11.1 Å². The second-order valence-corrected chi connectivity index (χ2v) is 12.8. The van der Waals surface area contributed by atoms with Gasteiger partial charge in [0.15, 0.2) is 0 Å².